The molecule has 0 spiro atoms. The largest absolute Gasteiger partial charge is 0.399 e. The summed E-state index contributed by atoms with van der Waals surface area (Å²) in [6.45, 7) is 0. The monoisotopic (exact) mass is 243 g/mol. The van der Waals surface area contributed by atoms with Gasteiger partial charge < -0.3 is 15.2 Å². The Morgan fingerprint density at radius 2 is 2.22 bits per heavy atom. The van der Waals surface area contributed by atoms with Crippen LogP contribution in [0, 0.1) is 0 Å². The SMILES string of the molecule is Cn1cnnc1N(c1cccc(N)c1)C1CCC1. The summed E-state index contributed by atoms with van der Waals surface area (Å²) in [5.74, 6) is 0.880. The van der Waals surface area contributed by atoms with Gasteiger partial charge in [-0.3, -0.25) is 0 Å². The minimum atomic E-state index is 0.509. The van der Waals surface area contributed by atoms with E-state index in [9.17, 15) is 0 Å². The molecule has 5 heteroatoms. The van der Waals surface area contributed by atoms with Crippen LogP contribution in [-0.2, 0) is 7.05 Å². The molecule has 1 saturated carbocycles. The van der Waals surface area contributed by atoms with Crippen molar-refractivity contribution in [2.45, 2.75) is 25.3 Å². The van der Waals surface area contributed by atoms with Crippen LogP contribution in [0.2, 0.25) is 0 Å². The van der Waals surface area contributed by atoms with Crippen LogP contribution in [0.1, 0.15) is 19.3 Å². The van der Waals surface area contributed by atoms with Gasteiger partial charge in [-0.1, -0.05) is 6.07 Å². The van der Waals surface area contributed by atoms with E-state index in [2.05, 4.69) is 21.2 Å². The predicted molar refractivity (Wildman–Crippen MR) is 71.6 cm³/mol. The molecule has 1 aromatic heterocycles. The lowest BCUT2D eigenvalue weighted by Gasteiger charge is -2.37. The van der Waals surface area contributed by atoms with Crippen molar-refractivity contribution in [3.05, 3.63) is 30.6 Å². The van der Waals surface area contributed by atoms with Crippen molar-refractivity contribution in [1.82, 2.24) is 14.8 Å². The zero-order valence-electron chi connectivity index (χ0n) is 10.5. The molecule has 1 heterocycles. The van der Waals surface area contributed by atoms with Crippen molar-refractivity contribution in [2.24, 2.45) is 7.05 Å². The molecule has 2 aromatic rings. The van der Waals surface area contributed by atoms with E-state index in [1.54, 1.807) is 6.33 Å². The van der Waals surface area contributed by atoms with Crippen LogP contribution in [0.15, 0.2) is 30.6 Å². The van der Waals surface area contributed by atoms with Crippen molar-refractivity contribution in [3.8, 4) is 0 Å². The summed E-state index contributed by atoms with van der Waals surface area (Å²) in [4.78, 5) is 2.24. The van der Waals surface area contributed by atoms with Crippen molar-refractivity contribution < 1.29 is 0 Å². The second-order valence-corrected chi connectivity index (χ2v) is 4.79. The molecule has 18 heavy (non-hydrogen) atoms. The zero-order chi connectivity index (χ0) is 12.5. The second-order valence-electron chi connectivity index (χ2n) is 4.79. The molecule has 5 nitrogen and oxygen atoms in total. The average molecular weight is 243 g/mol. The molecule has 0 amide bonds. The summed E-state index contributed by atoms with van der Waals surface area (Å²) in [5, 5.41) is 8.19. The van der Waals surface area contributed by atoms with Gasteiger partial charge in [0.15, 0.2) is 0 Å². The fourth-order valence-corrected chi connectivity index (χ4v) is 2.30. The first-order valence-corrected chi connectivity index (χ1v) is 6.24. The molecule has 1 aliphatic carbocycles. The van der Waals surface area contributed by atoms with E-state index in [1.807, 2.05) is 29.8 Å². The van der Waals surface area contributed by atoms with Gasteiger partial charge in [0.05, 0.1) is 0 Å². The number of aromatic nitrogens is 3. The maximum atomic E-state index is 5.88. The Bertz CT molecular complexity index is 544. The molecule has 0 atom stereocenters. The quantitative estimate of drug-likeness (QED) is 0.838. The van der Waals surface area contributed by atoms with Gasteiger partial charge in [0, 0.05) is 24.5 Å². The fraction of sp³-hybridized carbons (Fsp3) is 0.385. The average Bonchev–Trinajstić information content (AvgIpc) is 2.69. The number of hydrogen-bond donors (Lipinski definition) is 1. The van der Waals surface area contributed by atoms with E-state index in [0.717, 1.165) is 17.3 Å². The lowest BCUT2D eigenvalue weighted by atomic mass is 9.91. The zero-order valence-corrected chi connectivity index (χ0v) is 10.5. The minimum Gasteiger partial charge on any atom is -0.399 e. The third-order valence-corrected chi connectivity index (χ3v) is 3.49. The topological polar surface area (TPSA) is 60.0 Å². The molecule has 0 radical (unpaired) electrons. The van der Waals surface area contributed by atoms with E-state index < -0.39 is 0 Å². The smallest absolute Gasteiger partial charge is 0.231 e. The highest BCUT2D eigenvalue weighted by Crippen LogP contribution is 2.35. The maximum absolute atomic E-state index is 5.88. The number of benzene rings is 1. The molecule has 1 aliphatic rings. The van der Waals surface area contributed by atoms with Gasteiger partial charge in [-0.2, -0.15) is 0 Å². The molecule has 0 saturated heterocycles. The molecule has 1 fully saturated rings. The first-order valence-electron chi connectivity index (χ1n) is 6.24. The van der Waals surface area contributed by atoms with Gasteiger partial charge in [-0.15, -0.1) is 10.2 Å². The highest BCUT2D eigenvalue weighted by Gasteiger charge is 2.29. The molecule has 0 bridgehead atoms. The Hall–Kier alpha value is -2.04. The number of nitrogens with two attached hydrogens (primary N) is 1. The minimum absolute atomic E-state index is 0.509. The lowest BCUT2D eigenvalue weighted by molar-refractivity contribution is 0.405. The summed E-state index contributed by atoms with van der Waals surface area (Å²) in [6, 6.07) is 8.46. The number of nitrogens with zero attached hydrogens (tertiary/aromatic N) is 4. The van der Waals surface area contributed by atoms with Crippen molar-refractivity contribution in [1.29, 1.82) is 0 Å². The summed E-state index contributed by atoms with van der Waals surface area (Å²) >= 11 is 0. The van der Waals surface area contributed by atoms with Crippen LogP contribution in [0.3, 0.4) is 0 Å². The Morgan fingerprint density at radius 1 is 1.39 bits per heavy atom. The van der Waals surface area contributed by atoms with Crippen molar-refractivity contribution >= 4 is 17.3 Å². The molecule has 0 unspecified atom stereocenters. The van der Waals surface area contributed by atoms with Crippen molar-refractivity contribution in [2.75, 3.05) is 10.6 Å². The van der Waals surface area contributed by atoms with Gasteiger partial charge in [-0.25, -0.2) is 0 Å². The standard InChI is InChI=1S/C13H17N5/c1-17-9-15-16-13(17)18(11-5-3-6-11)12-7-2-4-10(14)8-12/h2,4,7-9,11H,3,5-6,14H2,1H3. The Balaban J connectivity index is 2.03. The summed E-state index contributed by atoms with van der Waals surface area (Å²) in [7, 11) is 1.97. The summed E-state index contributed by atoms with van der Waals surface area (Å²) < 4.78 is 1.95. The van der Waals surface area contributed by atoms with Crippen LogP contribution in [-0.4, -0.2) is 20.8 Å². The third kappa shape index (κ3) is 1.81. The number of hydrogen-bond acceptors (Lipinski definition) is 4. The van der Waals surface area contributed by atoms with Gasteiger partial charge in [0.1, 0.15) is 6.33 Å². The van der Waals surface area contributed by atoms with Crippen LogP contribution in [0.25, 0.3) is 0 Å². The molecule has 3 rings (SSSR count). The second kappa shape index (κ2) is 4.33. The first kappa shape index (κ1) is 11.1. The normalized spacial score (nSPS) is 15.4. The Morgan fingerprint density at radius 3 is 2.78 bits per heavy atom. The molecule has 1 aromatic carbocycles. The number of rotatable bonds is 3. The van der Waals surface area contributed by atoms with Crippen molar-refractivity contribution in [3.63, 3.8) is 0 Å². The molecule has 94 valence electrons. The van der Waals surface area contributed by atoms with Gasteiger partial charge in [-0.05, 0) is 37.5 Å². The highest BCUT2D eigenvalue weighted by atomic mass is 15.4. The van der Waals surface area contributed by atoms with Gasteiger partial charge in [0.25, 0.3) is 0 Å². The van der Waals surface area contributed by atoms with E-state index in [-0.39, 0.29) is 0 Å². The summed E-state index contributed by atoms with van der Waals surface area (Å²) in [6.07, 6.45) is 5.40. The van der Waals surface area contributed by atoms with E-state index in [4.69, 9.17) is 5.73 Å². The van der Waals surface area contributed by atoms with E-state index in [1.165, 1.54) is 19.3 Å². The van der Waals surface area contributed by atoms with Gasteiger partial charge in [0.2, 0.25) is 5.95 Å². The third-order valence-electron chi connectivity index (χ3n) is 3.49. The lowest BCUT2D eigenvalue weighted by Crippen LogP contribution is -2.38. The number of nitrogen functional groups attached to an aromatic ring is 1. The van der Waals surface area contributed by atoms with Crippen LogP contribution in [0.4, 0.5) is 17.3 Å². The predicted octanol–water partition coefficient (Wildman–Crippen LogP) is 2.09. The molecule has 0 aliphatic heterocycles. The number of aryl methyl sites for hydroxylation is 1. The van der Waals surface area contributed by atoms with Crippen LogP contribution in [0.5, 0.6) is 0 Å². The van der Waals surface area contributed by atoms with E-state index >= 15 is 0 Å². The molecule has 2 N–H and O–H groups in total. The first-order chi connectivity index (χ1) is 8.75. The maximum Gasteiger partial charge on any atom is 0.231 e. The molecular weight excluding hydrogens is 226 g/mol. The van der Waals surface area contributed by atoms with E-state index in [0.29, 0.717) is 6.04 Å². The Labute approximate surface area is 106 Å². The van der Waals surface area contributed by atoms with Gasteiger partial charge >= 0.3 is 0 Å². The molecular formula is C13H17N5. The number of anilines is 3. The Kier molecular flexibility index (Phi) is 2.66. The summed E-state index contributed by atoms with van der Waals surface area (Å²) in [5.41, 5.74) is 7.75. The fourth-order valence-electron chi connectivity index (χ4n) is 2.30. The van der Waals surface area contributed by atoms with Crippen LogP contribution >= 0.6 is 0 Å². The van der Waals surface area contributed by atoms with Crippen LogP contribution < -0.4 is 10.6 Å². The highest BCUT2D eigenvalue weighted by molar-refractivity contribution is 5.63.